The number of carbonyl (C=O) groups is 1. The van der Waals surface area contributed by atoms with E-state index in [1.54, 1.807) is 14.0 Å². The molecule has 1 rings (SSSR count). The Morgan fingerprint density at radius 3 is 2.59 bits per heavy atom. The van der Waals surface area contributed by atoms with Crippen LogP contribution in [0.2, 0.25) is 0 Å². The third-order valence-corrected chi connectivity index (χ3v) is 3.49. The van der Waals surface area contributed by atoms with E-state index in [-0.39, 0.29) is 12.0 Å². The molecule has 1 aliphatic carbocycles. The Kier molecular flexibility index (Phi) is 6.52. The van der Waals surface area contributed by atoms with E-state index in [0.29, 0.717) is 31.4 Å². The van der Waals surface area contributed by atoms with E-state index in [2.05, 4.69) is 5.32 Å². The molecule has 0 radical (unpaired) electrons. The lowest BCUT2D eigenvalue weighted by Gasteiger charge is -2.27. The van der Waals surface area contributed by atoms with Gasteiger partial charge in [0.05, 0.1) is 12.2 Å². The highest BCUT2D eigenvalue weighted by Crippen LogP contribution is 2.27. The molecule has 1 aliphatic rings. The molecule has 0 saturated heterocycles. The Bertz CT molecular complexity index is 223. The van der Waals surface area contributed by atoms with Crippen LogP contribution < -0.4 is 5.32 Å². The van der Waals surface area contributed by atoms with Crippen LogP contribution in [0.15, 0.2) is 0 Å². The molecule has 100 valence electrons. The van der Waals surface area contributed by atoms with Gasteiger partial charge in [-0.25, -0.2) is 0 Å². The lowest BCUT2D eigenvalue weighted by Crippen LogP contribution is -2.30. The van der Waals surface area contributed by atoms with Crippen LogP contribution in [0.25, 0.3) is 0 Å². The van der Waals surface area contributed by atoms with E-state index < -0.39 is 0 Å². The van der Waals surface area contributed by atoms with Crippen LogP contribution >= 0.6 is 0 Å². The summed E-state index contributed by atoms with van der Waals surface area (Å²) in [6.45, 7) is 2.31. The summed E-state index contributed by atoms with van der Waals surface area (Å²) in [6, 6.07) is 0. The average Bonchev–Trinajstić information content (AvgIpc) is 2.29. The Labute approximate surface area is 104 Å². The summed E-state index contributed by atoms with van der Waals surface area (Å²) in [5, 5.41) is 11.9. The van der Waals surface area contributed by atoms with Crippen LogP contribution in [0.3, 0.4) is 0 Å². The summed E-state index contributed by atoms with van der Waals surface area (Å²) in [6.07, 6.45) is 5.62. The molecule has 4 nitrogen and oxygen atoms in total. The summed E-state index contributed by atoms with van der Waals surface area (Å²) in [5.74, 6) is 0.625. The van der Waals surface area contributed by atoms with Gasteiger partial charge in [-0.2, -0.15) is 0 Å². The fraction of sp³-hybridized carbons (Fsp3) is 0.923. The van der Waals surface area contributed by atoms with Gasteiger partial charge in [0.15, 0.2) is 0 Å². The van der Waals surface area contributed by atoms with Crippen molar-refractivity contribution in [2.24, 2.45) is 5.92 Å². The predicted molar refractivity (Wildman–Crippen MR) is 66.7 cm³/mol. The van der Waals surface area contributed by atoms with Crippen LogP contribution in [0, 0.1) is 5.92 Å². The highest BCUT2D eigenvalue weighted by Gasteiger charge is 2.22. The average molecular weight is 243 g/mol. The number of nitrogens with one attached hydrogen (secondary N) is 1. The fourth-order valence-electron chi connectivity index (χ4n) is 2.33. The van der Waals surface area contributed by atoms with Crippen LogP contribution in [-0.4, -0.2) is 36.9 Å². The molecule has 0 spiro atoms. The largest absolute Gasteiger partial charge is 0.393 e. The Morgan fingerprint density at radius 2 is 2.06 bits per heavy atom. The molecular formula is C13H25NO3. The minimum atomic E-state index is -0.340. The molecule has 0 aromatic heterocycles. The summed E-state index contributed by atoms with van der Waals surface area (Å²) in [4.78, 5) is 11.6. The molecule has 0 aliphatic heterocycles. The first kappa shape index (κ1) is 14.5. The van der Waals surface area contributed by atoms with Crippen molar-refractivity contribution in [3.8, 4) is 0 Å². The van der Waals surface area contributed by atoms with E-state index in [9.17, 15) is 4.79 Å². The molecule has 0 bridgehead atoms. The van der Waals surface area contributed by atoms with Gasteiger partial charge in [-0.05, 0) is 44.9 Å². The topological polar surface area (TPSA) is 58.6 Å². The van der Waals surface area contributed by atoms with E-state index in [0.717, 1.165) is 25.7 Å². The maximum absolute atomic E-state index is 11.6. The van der Waals surface area contributed by atoms with Gasteiger partial charge < -0.3 is 15.2 Å². The third kappa shape index (κ3) is 6.03. The summed E-state index contributed by atoms with van der Waals surface area (Å²) in [5.41, 5.74) is 0. The summed E-state index contributed by atoms with van der Waals surface area (Å²) in [7, 11) is 1.76. The minimum absolute atomic E-state index is 0.117. The molecule has 1 saturated carbocycles. The van der Waals surface area contributed by atoms with E-state index >= 15 is 0 Å². The molecule has 0 heterocycles. The second-order valence-corrected chi connectivity index (χ2v) is 5.07. The zero-order valence-electron chi connectivity index (χ0n) is 10.9. The quantitative estimate of drug-likeness (QED) is 0.742. The van der Waals surface area contributed by atoms with E-state index in [1.165, 1.54) is 0 Å². The van der Waals surface area contributed by atoms with Crippen molar-refractivity contribution in [3.05, 3.63) is 0 Å². The molecule has 17 heavy (non-hydrogen) atoms. The molecule has 1 amide bonds. The molecular weight excluding hydrogens is 218 g/mol. The van der Waals surface area contributed by atoms with Crippen molar-refractivity contribution in [1.29, 1.82) is 0 Å². The van der Waals surface area contributed by atoms with Gasteiger partial charge in [0.2, 0.25) is 5.91 Å². The lowest BCUT2D eigenvalue weighted by atomic mass is 9.85. The molecule has 1 fully saturated rings. The van der Waals surface area contributed by atoms with Crippen molar-refractivity contribution in [2.45, 2.75) is 57.7 Å². The van der Waals surface area contributed by atoms with Gasteiger partial charge in [0.1, 0.15) is 0 Å². The molecule has 0 aromatic carbocycles. The van der Waals surface area contributed by atoms with Gasteiger partial charge in [0, 0.05) is 20.1 Å². The third-order valence-electron chi connectivity index (χ3n) is 3.49. The van der Waals surface area contributed by atoms with Crippen LogP contribution in [0.1, 0.15) is 45.4 Å². The zero-order chi connectivity index (χ0) is 12.7. The molecule has 1 unspecified atom stereocenters. The number of ether oxygens (including phenoxy) is 1. The standard InChI is InChI=1S/C13H25NO3/c1-10(15)7-8-14-13(16)9-11-3-5-12(17-2)6-4-11/h10-12,15H,3-9H2,1-2H3,(H,14,16). The van der Waals surface area contributed by atoms with Gasteiger partial charge in [-0.15, -0.1) is 0 Å². The van der Waals surface area contributed by atoms with Crippen molar-refractivity contribution >= 4 is 5.91 Å². The Balaban J connectivity index is 2.10. The maximum atomic E-state index is 11.6. The first-order chi connectivity index (χ1) is 8.11. The van der Waals surface area contributed by atoms with Crippen LogP contribution in [0.4, 0.5) is 0 Å². The SMILES string of the molecule is COC1CCC(CC(=O)NCCC(C)O)CC1. The first-order valence-corrected chi connectivity index (χ1v) is 6.59. The van der Waals surface area contributed by atoms with E-state index in [1.807, 2.05) is 0 Å². The number of hydrogen-bond acceptors (Lipinski definition) is 3. The van der Waals surface area contributed by atoms with Crippen molar-refractivity contribution < 1.29 is 14.6 Å². The fourth-order valence-corrected chi connectivity index (χ4v) is 2.33. The highest BCUT2D eigenvalue weighted by atomic mass is 16.5. The number of aliphatic hydroxyl groups is 1. The number of rotatable bonds is 6. The normalized spacial score (nSPS) is 26.5. The first-order valence-electron chi connectivity index (χ1n) is 6.59. The number of hydrogen-bond donors (Lipinski definition) is 2. The van der Waals surface area contributed by atoms with Crippen molar-refractivity contribution in [2.75, 3.05) is 13.7 Å². The molecule has 4 heteroatoms. The van der Waals surface area contributed by atoms with E-state index in [4.69, 9.17) is 9.84 Å². The van der Waals surface area contributed by atoms with Crippen LogP contribution in [0.5, 0.6) is 0 Å². The predicted octanol–water partition coefficient (Wildman–Crippen LogP) is 1.47. The number of methoxy groups -OCH3 is 1. The Hall–Kier alpha value is -0.610. The van der Waals surface area contributed by atoms with Crippen molar-refractivity contribution in [3.63, 3.8) is 0 Å². The number of carbonyl (C=O) groups excluding carboxylic acids is 1. The second kappa shape index (κ2) is 7.67. The van der Waals surface area contributed by atoms with Crippen molar-refractivity contribution in [1.82, 2.24) is 5.32 Å². The second-order valence-electron chi connectivity index (χ2n) is 5.07. The molecule has 0 aromatic rings. The smallest absolute Gasteiger partial charge is 0.220 e. The maximum Gasteiger partial charge on any atom is 0.220 e. The van der Waals surface area contributed by atoms with Crippen LogP contribution in [-0.2, 0) is 9.53 Å². The Morgan fingerprint density at radius 1 is 1.41 bits per heavy atom. The molecule has 2 N–H and O–H groups in total. The monoisotopic (exact) mass is 243 g/mol. The minimum Gasteiger partial charge on any atom is -0.393 e. The molecule has 1 atom stereocenters. The van der Waals surface area contributed by atoms with Gasteiger partial charge in [0.25, 0.3) is 0 Å². The zero-order valence-corrected chi connectivity index (χ0v) is 10.9. The number of amides is 1. The van der Waals surface area contributed by atoms with Gasteiger partial charge >= 0.3 is 0 Å². The highest BCUT2D eigenvalue weighted by molar-refractivity contribution is 5.76. The lowest BCUT2D eigenvalue weighted by molar-refractivity contribution is -0.122. The summed E-state index contributed by atoms with van der Waals surface area (Å²) >= 11 is 0. The number of aliphatic hydroxyl groups excluding tert-OH is 1. The van der Waals surface area contributed by atoms with Gasteiger partial charge in [-0.1, -0.05) is 0 Å². The van der Waals surface area contributed by atoms with Gasteiger partial charge in [-0.3, -0.25) is 4.79 Å². The summed E-state index contributed by atoms with van der Waals surface area (Å²) < 4.78 is 5.31.